The van der Waals surface area contributed by atoms with E-state index in [4.69, 9.17) is 0 Å². The Bertz CT molecular complexity index is 351. The summed E-state index contributed by atoms with van der Waals surface area (Å²) in [5, 5.41) is 0. The number of carbonyl (C=O) groups is 1. The smallest absolute Gasteiger partial charge is 0.248 e. The zero-order chi connectivity index (χ0) is 10.2. The van der Waals surface area contributed by atoms with E-state index in [-0.39, 0.29) is 11.3 Å². The normalized spacial score (nSPS) is 33.1. The molecule has 0 saturated carbocycles. The molecule has 1 atom stereocenters. The predicted molar refractivity (Wildman–Crippen MR) is 56.4 cm³/mol. The molecule has 74 valence electrons. The predicted octanol–water partition coefficient (Wildman–Crippen LogP) is 1.72. The second-order valence-corrected chi connectivity index (χ2v) is 3.81. The van der Waals surface area contributed by atoms with Crippen LogP contribution in [0.4, 0.5) is 0 Å². The summed E-state index contributed by atoms with van der Waals surface area (Å²) >= 11 is 0. The molecule has 0 bridgehead atoms. The van der Waals surface area contributed by atoms with Crippen LogP contribution in [0.25, 0.3) is 0 Å². The monoisotopic (exact) mass is 188 g/mol. The minimum atomic E-state index is -0.171. The number of nitrogens with zero attached hydrogens (tertiary/aromatic N) is 1. The number of allylic oxidation sites excluding steroid dienone is 4. The van der Waals surface area contributed by atoms with Crippen LogP contribution in [-0.4, -0.2) is 24.4 Å². The van der Waals surface area contributed by atoms with Crippen molar-refractivity contribution >= 4 is 5.91 Å². The van der Waals surface area contributed by atoms with Crippen LogP contribution in [-0.2, 0) is 4.79 Å². The summed E-state index contributed by atoms with van der Waals surface area (Å²) in [5.41, 5.74) is 0.718. The van der Waals surface area contributed by atoms with E-state index < -0.39 is 0 Å². The average molecular weight is 188 g/mol. The van der Waals surface area contributed by atoms with Crippen LogP contribution >= 0.6 is 0 Å². The summed E-state index contributed by atoms with van der Waals surface area (Å²) in [7, 11) is 1.85. The van der Waals surface area contributed by atoms with Crippen molar-refractivity contribution in [2.24, 2.45) is 5.41 Å². The Morgan fingerprint density at radius 1 is 1.57 bits per heavy atom. The zero-order valence-electron chi connectivity index (χ0n) is 8.53. The van der Waals surface area contributed by atoms with Crippen molar-refractivity contribution < 1.29 is 4.79 Å². The molecule has 2 nitrogen and oxygen atoms in total. The Morgan fingerprint density at radius 3 is 2.93 bits per heavy atom. The van der Waals surface area contributed by atoms with Crippen molar-refractivity contribution in [3.8, 4) is 0 Å². The van der Waals surface area contributed by atoms with Crippen molar-refractivity contribution in [2.45, 2.75) is 6.92 Å². The highest BCUT2D eigenvalue weighted by atomic mass is 16.2. The van der Waals surface area contributed by atoms with E-state index in [9.17, 15) is 4.79 Å². The lowest BCUT2D eigenvalue weighted by Crippen LogP contribution is -2.25. The van der Waals surface area contributed by atoms with Crippen LogP contribution in [0.5, 0.6) is 0 Å². The third-order valence-electron chi connectivity index (χ3n) is 2.88. The van der Waals surface area contributed by atoms with Gasteiger partial charge in [-0.3, -0.25) is 4.79 Å². The van der Waals surface area contributed by atoms with Gasteiger partial charge in [0, 0.05) is 19.2 Å². The molecule has 0 N–H and O–H groups in total. The molecule has 2 rings (SSSR count). The van der Waals surface area contributed by atoms with E-state index in [0.717, 1.165) is 12.1 Å². The molecule has 14 heavy (non-hydrogen) atoms. The van der Waals surface area contributed by atoms with E-state index >= 15 is 0 Å². The molecule has 1 unspecified atom stereocenters. The van der Waals surface area contributed by atoms with Crippen LogP contribution < -0.4 is 0 Å². The Morgan fingerprint density at radius 2 is 2.36 bits per heavy atom. The summed E-state index contributed by atoms with van der Waals surface area (Å²) in [6.45, 7) is 2.68. The van der Waals surface area contributed by atoms with E-state index in [1.807, 2.05) is 38.3 Å². The fraction of sp³-hybridized carbons (Fsp3) is 0.333. The molecule has 1 heterocycles. The lowest BCUT2D eigenvalue weighted by Gasteiger charge is -2.32. The second kappa shape index (κ2) is 3.05. The van der Waals surface area contributed by atoms with Gasteiger partial charge in [-0.25, -0.2) is 18.6 Å². The van der Waals surface area contributed by atoms with E-state index in [2.05, 4.69) is 12.5 Å². The molecular formula is C12H14NO-. The highest BCUT2D eigenvalue weighted by Gasteiger charge is 2.40. The number of rotatable bonds is 0. The SMILES string of the molecule is C/C=C1/C(=O)N(C)CC12C=CC=C[CH-]2. The van der Waals surface area contributed by atoms with Crippen molar-refractivity contribution in [2.75, 3.05) is 13.6 Å². The molecule has 1 fully saturated rings. The molecule has 0 aromatic heterocycles. The molecule has 0 radical (unpaired) electrons. The molecule has 0 aromatic carbocycles. The van der Waals surface area contributed by atoms with Gasteiger partial charge in [-0.15, -0.1) is 12.2 Å². The van der Waals surface area contributed by atoms with E-state index in [1.54, 1.807) is 4.90 Å². The lowest BCUT2D eigenvalue weighted by molar-refractivity contribution is -0.123. The van der Waals surface area contributed by atoms with Gasteiger partial charge in [0.1, 0.15) is 0 Å². The Balaban J connectivity index is 2.42. The standard InChI is InChI=1S/C12H14NO/c1-3-10-11(14)13(2)9-12(10)7-5-4-6-8-12/h3-8H,9H2,1-2H3/q-1/b10-3-. The van der Waals surface area contributed by atoms with Gasteiger partial charge in [-0.2, -0.15) is 0 Å². The maximum atomic E-state index is 11.8. The molecule has 2 heteroatoms. The first-order valence-corrected chi connectivity index (χ1v) is 4.82. The molecule has 1 aliphatic heterocycles. The fourth-order valence-corrected chi connectivity index (χ4v) is 2.21. The van der Waals surface area contributed by atoms with E-state index in [1.165, 1.54) is 0 Å². The third-order valence-corrected chi connectivity index (χ3v) is 2.88. The molecule has 1 amide bonds. The van der Waals surface area contributed by atoms with Crippen molar-refractivity contribution in [1.29, 1.82) is 0 Å². The van der Waals surface area contributed by atoms with Crippen molar-refractivity contribution in [1.82, 2.24) is 4.90 Å². The Kier molecular flexibility index (Phi) is 1.99. The van der Waals surface area contributed by atoms with Crippen LogP contribution in [0.2, 0.25) is 0 Å². The molecular weight excluding hydrogens is 174 g/mol. The Hall–Kier alpha value is -1.44. The van der Waals surface area contributed by atoms with Crippen LogP contribution in [0, 0.1) is 11.8 Å². The van der Waals surface area contributed by atoms with Gasteiger partial charge in [0.2, 0.25) is 5.91 Å². The molecule has 1 aliphatic carbocycles. The molecule has 2 aliphatic rings. The molecule has 1 spiro atoms. The number of carbonyl (C=O) groups excluding carboxylic acids is 1. The van der Waals surface area contributed by atoms with Crippen LogP contribution in [0.1, 0.15) is 6.92 Å². The maximum absolute atomic E-state index is 11.8. The van der Waals surface area contributed by atoms with Gasteiger partial charge in [-0.1, -0.05) is 6.08 Å². The van der Waals surface area contributed by atoms with Crippen LogP contribution in [0.3, 0.4) is 0 Å². The third kappa shape index (κ3) is 1.10. The van der Waals surface area contributed by atoms with Gasteiger partial charge in [0.15, 0.2) is 0 Å². The molecule has 0 aromatic rings. The van der Waals surface area contributed by atoms with Gasteiger partial charge in [-0.05, 0) is 12.3 Å². The average Bonchev–Trinajstić information content (AvgIpc) is 2.40. The first-order chi connectivity index (χ1) is 6.69. The lowest BCUT2D eigenvalue weighted by atomic mass is 9.77. The fourth-order valence-electron chi connectivity index (χ4n) is 2.21. The Labute approximate surface area is 84.6 Å². The summed E-state index contributed by atoms with van der Waals surface area (Å²) in [6.07, 6.45) is 12.1. The number of hydrogen-bond donors (Lipinski definition) is 0. The van der Waals surface area contributed by atoms with Crippen LogP contribution in [0.15, 0.2) is 36.0 Å². The molecule has 1 saturated heterocycles. The second-order valence-electron chi connectivity index (χ2n) is 3.81. The van der Waals surface area contributed by atoms with Gasteiger partial charge in [0.25, 0.3) is 0 Å². The number of likely N-dealkylation sites (tertiary alicyclic amines) is 1. The number of amides is 1. The topological polar surface area (TPSA) is 20.3 Å². The summed E-state index contributed by atoms with van der Waals surface area (Å²) in [5.74, 6) is 0.142. The largest absolute Gasteiger partial charge is 0.342 e. The minimum Gasteiger partial charge on any atom is -0.342 e. The van der Waals surface area contributed by atoms with Gasteiger partial charge in [0.05, 0.1) is 0 Å². The van der Waals surface area contributed by atoms with E-state index in [0.29, 0.717) is 0 Å². The van der Waals surface area contributed by atoms with Gasteiger partial charge < -0.3 is 4.90 Å². The van der Waals surface area contributed by atoms with Gasteiger partial charge >= 0.3 is 0 Å². The summed E-state index contributed by atoms with van der Waals surface area (Å²) in [6, 6.07) is 0. The van der Waals surface area contributed by atoms with Crippen molar-refractivity contribution in [3.63, 3.8) is 0 Å². The minimum absolute atomic E-state index is 0.142. The summed E-state index contributed by atoms with van der Waals surface area (Å²) in [4.78, 5) is 13.6. The summed E-state index contributed by atoms with van der Waals surface area (Å²) < 4.78 is 0. The number of hydrogen-bond acceptors (Lipinski definition) is 1. The maximum Gasteiger partial charge on any atom is 0.248 e. The number of likely N-dealkylation sites (N-methyl/N-ethyl adjacent to an activating group) is 1. The quantitative estimate of drug-likeness (QED) is 0.418. The van der Waals surface area contributed by atoms with Crippen molar-refractivity contribution in [3.05, 3.63) is 42.4 Å². The zero-order valence-corrected chi connectivity index (χ0v) is 8.53. The highest BCUT2D eigenvalue weighted by Crippen LogP contribution is 2.41. The first-order valence-electron chi connectivity index (χ1n) is 4.82. The highest BCUT2D eigenvalue weighted by molar-refractivity contribution is 5.98. The first kappa shape index (κ1) is 9.13.